The summed E-state index contributed by atoms with van der Waals surface area (Å²) in [5, 5.41) is 24.2. The number of rotatable bonds is 10. The molecule has 1 saturated heterocycles. The number of hydrogen-bond donors (Lipinski definition) is 3. The quantitative estimate of drug-likeness (QED) is 0.213. The van der Waals surface area contributed by atoms with Crippen LogP contribution in [0.25, 0.3) is 11.0 Å². The number of hydrogen-bond acceptors (Lipinski definition) is 9. The van der Waals surface area contributed by atoms with E-state index >= 15 is 0 Å². The first kappa shape index (κ1) is 31.1. The molecule has 2 aliphatic rings. The maximum absolute atomic E-state index is 14.2. The Morgan fingerprint density at radius 2 is 1.86 bits per heavy atom. The third kappa shape index (κ3) is 7.44. The van der Waals surface area contributed by atoms with Crippen LogP contribution < -0.4 is 15.7 Å². The predicted octanol–water partition coefficient (Wildman–Crippen LogP) is 1.79. The lowest BCUT2D eigenvalue weighted by atomic mass is 9.87. The Morgan fingerprint density at radius 3 is 2.63 bits per heavy atom. The lowest BCUT2D eigenvalue weighted by Gasteiger charge is -2.41. The monoisotopic (exact) mass is 703 g/mol. The Hall–Kier alpha value is -3.30. The van der Waals surface area contributed by atoms with Crippen molar-refractivity contribution in [3.05, 3.63) is 85.8 Å². The molecule has 1 aliphatic heterocycles. The van der Waals surface area contributed by atoms with Gasteiger partial charge >= 0.3 is 5.63 Å². The topological polar surface area (TPSA) is 142 Å². The summed E-state index contributed by atoms with van der Waals surface area (Å²) in [6.07, 6.45) is -0.632. The fraction of sp³-hybridized carbons (Fsp3) is 0.387. The van der Waals surface area contributed by atoms with Gasteiger partial charge in [-0.15, -0.1) is 0 Å². The van der Waals surface area contributed by atoms with Gasteiger partial charge in [-0.05, 0) is 52.9 Å². The molecule has 228 valence electrons. The molecule has 0 saturated carbocycles. The molecule has 0 radical (unpaired) electrons. The van der Waals surface area contributed by atoms with Crippen LogP contribution in [0.5, 0.6) is 5.75 Å². The number of nitrogens with one attached hydrogen (secondary N) is 1. The largest absolute Gasteiger partial charge is 0.482 e. The van der Waals surface area contributed by atoms with Gasteiger partial charge in [-0.3, -0.25) is 14.5 Å². The molecule has 2 heterocycles. The van der Waals surface area contributed by atoms with E-state index in [1.54, 1.807) is 42.5 Å². The Kier molecular flexibility index (Phi) is 10.5. The van der Waals surface area contributed by atoms with E-state index in [4.69, 9.17) is 13.9 Å². The summed E-state index contributed by atoms with van der Waals surface area (Å²) in [7, 11) is 0. The van der Waals surface area contributed by atoms with Crippen LogP contribution in [0.4, 0.5) is 0 Å². The van der Waals surface area contributed by atoms with Crippen LogP contribution in [0.1, 0.15) is 16.8 Å². The minimum absolute atomic E-state index is 0.0118. The number of benzene rings is 2. The van der Waals surface area contributed by atoms with Gasteiger partial charge in [0.2, 0.25) is 5.91 Å². The highest BCUT2D eigenvalue weighted by Crippen LogP contribution is 2.30. The molecule has 3 aromatic rings. The molecular weight excluding hydrogens is 669 g/mol. The molecular formula is C31H34IN3O8. The highest BCUT2D eigenvalue weighted by atomic mass is 127. The third-order valence-electron chi connectivity index (χ3n) is 7.61. The van der Waals surface area contributed by atoms with Gasteiger partial charge in [0, 0.05) is 50.1 Å². The van der Waals surface area contributed by atoms with Gasteiger partial charge < -0.3 is 34.3 Å². The first-order chi connectivity index (χ1) is 20.9. The number of fused-ring (bicyclic) bond motifs is 1. The van der Waals surface area contributed by atoms with E-state index in [-0.39, 0.29) is 31.7 Å². The zero-order valence-corrected chi connectivity index (χ0v) is 25.6. The summed E-state index contributed by atoms with van der Waals surface area (Å²) < 4.78 is 18.0. The molecule has 1 aromatic heterocycles. The minimum Gasteiger partial charge on any atom is -0.482 e. The molecule has 5 rings (SSSR count). The van der Waals surface area contributed by atoms with Gasteiger partial charge in [-0.25, -0.2) is 4.79 Å². The number of aliphatic hydroxyl groups is 2. The van der Waals surface area contributed by atoms with E-state index in [0.29, 0.717) is 55.1 Å². The highest BCUT2D eigenvalue weighted by molar-refractivity contribution is 14.1. The highest BCUT2D eigenvalue weighted by Gasteiger charge is 2.41. The minimum atomic E-state index is -1.23. The fourth-order valence-corrected chi connectivity index (χ4v) is 5.84. The van der Waals surface area contributed by atoms with Gasteiger partial charge in [0.25, 0.3) is 5.91 Å². The van der Waals surface area contributed by atoms with Gasteiger partial charge in [0.1, 0.15) is 29.1 Å². The molecule has 0 bridgehead atoms. The normalized spacial score (nSPS) is 20.8. The summed E-state index contributed by atoms with van der Waals surface area (Å²) in [4.78, 5) is 44.0. The smallest absolute Gasteiger partial charge is 0.349 e. The van der Waals surface area contributed by atoms with Gasteiger partial charge in [-0.1, -0.05) is 30.3 Å². The van der Waals surface area contributed by atoms with Gasteiger partial charge in [0.15, 0.2) is 0 Å². The van der Waals surface area contributed by atoms with Crippen LogP contribution in [0.2, 0.25) is 0 Å². The first-order valence-electron chi connectivity index (χ1n) is 14.2. The molecule has 1 fully saturated rings. The lowest BCUT2D eigenvalue weighted by Crippen LogP contribution is -2.57. The van der Waals surface area contributed by atoms with Crippen molar-refractivity contribution >= 4 is 45.4 Å². The summed E-state index contributed by atoms with van der Waals surface area (Å²) in [5.74, 6) is -0.532. The van der Waals surface area contributed by atoms with E-state index in [2.05, 4.69) is 32.8 Å². The maximum atomic E-state index is 14.2. The SMILES string of the molecule is O=C(NCCO)C1=CC(Oc2ccccc2I)C(O)C(N(CCN2CCOCC2)C(=O)c2cc3ccccc3oc2=O)C1. The number of morpholine rings is 1. The standard InChI is InChI=1S/C31H34IN3O8/c32-23-6-2-4-8-26(23)42-27-19-21(29(38)33-9-14-36)18-24(28(27)37)35(11-10-34-12-15-41-16-13-34)30(39)22-17-20-5-1-3-7-25(20)43-31(22)40/h1-8,17,19,24,27-28,36-37H,9-16,18H2,(H,33,38). The van der Waals surface area contributed by atoms with Crippen molar-refractivity contribution in [3.8, 4) is 5.75 Å². The molecule has 0 spiro atoms. The van der Waals surface area contributed by atoms with E-state index in [1.807, 2.05) is 12.1 Å². The second kappa shape index (κ2) is 14.4. The van der Waals surface area contributed by atoms with Crippen molar-refractivity contribution in [1.82, 2.24) is 15.1 Å². The number of carbonyl (C=O) groups excluding carboxylic acids is 2. The van der Waals surface area contributed by atoms with Crippen LogP contribution in [-0.2, 0) is 9.53 Å². The van der Waals surface area contributed by atoms with Crippen LogP contribution in [0, 0.1) is 3.57 Å². The zero-order chi connectivity index (χ0) is 30.3. The molecule has 1 aliphatic carbocycles. The maximum Gasteiger partial charge on any atom is 0.349 e. The van der Waals surface area contributed by atoms with Gasteiger partial charge in [0.05, 0.1) is 29.4 Å². The van der Waals surface area contributed by atoms with Crippen LogP contribution in [0.3, 0.4) is 0 Å². The number of ether oxygens (including phenoxy) is 2. The zero-order valence-electron chi connectivity index (χ0n) is 23.5. The second-order valence-corrected chi connectivity index (χ2v) is 11.5. The van der Waals surface area contributed by atoms with Crippen molar-refractivity contribution in [3.63, 3.8) is 0 Å². The number of aliphatic hydroxyl groups excluding tert-OH is 2. The van der Waals surface area contributed by atoms with Crippen molar-refractivity contribution in [2.75, 3.05) is 52.5 Å². The summed E-state index contributed by atoms with van der Waals surface area (Å²) in [5.41, 5.74) is -0.287. The van der Waals surface area contributed by atoms with E-state index < -0.39 is 35.7 Å². The Labute approximate surface area is 262 Å². The summed E-state index contributed by atoms with van der Waals surface area (Å²) >= 11 is 2.13. The Bertz CT molecular complexity index is 1540. The first-order valence-corrected chi connectivity index (χ1v) is 15.3. The summed E-state index contributed by atoms with van der Waals surface area (Å²) in [6, 6.07) is 14.8. The number of carbonyl (C=O) groups is 2. The number of halogens is 1. The second-order valence-electron chi connectivity index (χ2n) is 10.4. The van der Waals surface area contributed by atoms with E-state index in [0.717, 1.165) is 3.57 Å². The third-order valence-corrected chi connectivity index (χ3v) is 8.50. The molecule has 11 nitrogen and oxygen atoms in total. The average molecular weight is 704 g/mol. The van der Waals surface area contributed by atoms with Crippen LogP contribution in [0.15, 0.2) is 75.5 Å². The lowest BCUT2D eigenvalue weighted by molar-refractivity contribution is -0.118. The van der Waals surface area contributed by atoms with Crippen molar-refractivity contribution in [1.29, 1.82) is 0 Å². The van der Waals surface area contributed by atoms with Crippen LogP contribution in [-0.4, -0.2) is 103 Å². The Balaban J connectivity index is 1.52. The van der Waals surface area contributed by atoms with Crippen molar-refractivity contribution < 1.29 is 33.7 Å². The number of nitrogens with zero attached hydrogens (tertiary/aromatic N) is 2. The molecule has 43 heavy (non-hydrogen) atoms. The molecule has 3 atom stereocenters. The van der Waals surface area contributed by atoms with Crippen LogP contribution >= 0.6 is 22.6 Å². The molecule has 3 unspecified atom stereocenters. The van der Waals surface area contributed by atoms with E-state index in [1.165, 1.54) is 11.0 Å². The molecule has 2 aromatic carbocycles. The molecule has 3 N–H and O–H groups in total. The predicted molar refractivity (Wildman–Crippen MR) is 167 cm³/mol. The number of para-hydroxylation sites is 2. The number of amides is 2. The fourth-order valence-electron chi connectivity index (χ4n) is 5.32. The molecule has 12 heteroatoms. The Morgan fingerprint density at radius 1 is 1.12 bits per heavy atom. The van der Waals surface area contributed by atoms with Crippen molar-refractivity contribution in [2.24, 2.45) is 0 Å². The van der Waals surface area contributed by atoms with E-state index in [9.17, 15) is 24.6 Å². The average Bonchev–Trinajstić information content (AvgIpc) is 3.02. The summed E-state index contributed by atoms with van der Waals surface area (Å²) in [6.45, 7) is 2.94. The van der Waals surface area contributed by atoms with Crippen molar-refractivity contribution in [2.45, 2.75) is 24.7 Å². The van der Waals surface area contributed by atoms with Gasteiger partial charge in [-0.2, -0.15) is 0 Å². The molecule has 2 amide bonds.